The predicted octanol–water partition coefficient (Wildman–Crippen LogP) is 2.38. The number of hydrogen-bond acceptors (Lipinski definition) is 5. The fourth-order valence-corrected chi connectivity index (χ4v) is 3.90. The molecule has 1 fully saturated rings. The second-order valence-electron chi connectivity index (χ2n) is 7.53. The van der Waals surface area contributed by atoms with Crippen LogP contribution in [0.25, 0.3) is 0 Å². The molecule has 1 amide bonds. The molecular formula is C19H36IN7OS. The highest BCUT2D eigenvalue weighted by atomic mass is 127. The number of hydrogen-bond donors (Lipinski definition) is 2. The van der Waals surface area contributed by atoms with E-state index in [4.69, 9.17) is 0 Å². The van der Waals surface area contributed by atoms with Crippen LogP contribution in [0.3, 0.4) is 0 Å². The first kappa shape index (κ1) is 26.0. The maximum atomic E-state index is 11.8. The molecule has 2 N–H and O–H groups in total. The van der Waals surface area contributed by atoms with Crippen molar-refractivity contribution in [2.75, 3.05) is 32.9 Å². The van der Waals surface area contributed by atoms with E-state index in [1.54, 1.807) is 18.8 Å². The van der Waals surface area contributed by atoms with E-state index in [0.717, 1.165) is 62.4 Å². The van der Waals surface area contributed by atoms with Crippen LogP contribution in [0.1, 0.15) is 45.9 Å². The Balaban J connectivity index is 0.00000420. The molecule has 0 aliphatic carbocycles. The minimum atomic E-state index is 0. The number of thioether (sulfide) groups is 1. The van der Waals surface area contributed by atoms with Gasteiger partial charge in [-0.3, -0.25) is 9.79 Å². The minimum Gasteiger partial charge on any atom is -0.356 e. The SMILES string of the molecule is CCC(=O)N1CCC(NC(=NC)NCCCc2nnc(SC)n2CC(C)C)C1.I. The lowest BCUT2D eigenvalue weighted by Gasteiger charge is -2.18. The number of rotatable bonds is 9. The van der Waals surface area contributed by atoms with Crippen molar-refractivity contribution in [1.82, 2.24) is 30.3 Å². The Hall–Kier alpha value is -1.04. The molecule has 1 atom stereocenters. The van der Waals surface area contributed by atoms with Crippen molar-refractivity contribution in [3.05, 3.63) is 5.82 Å². The van der Waals surface area contributed by atoms with Crippen LogP contribution in [-0.4, -0.2) is 70.5 Å². The third-order valence-corrected chi connectivity index (χ3v) is 5.47. The number of halogens is 1. The van der Waals surface area contributed by atoms with E-state index in [1.165, 1.54) is 0 Å². The standard InChI is InChI=1S/C19H35N7OS.HI/c1-6-17(27)25-11-9-15(13-25)22-18(20-4)21-10-7-8-16-23-24-19(28-5)26(16)12-14(2)3;/h14-15H,6-13H2,1-5H3,(H2,20,21,22);1H. The van der Waals surface area contributed by atoms with E-state index < -0.39 is 0 Å². The van der Waals surface area contributed by atoms with Gasteiger partial charge >= 0.3 is 0 Å². The van der Waals surface area contributed by atoms with E-state index >= 15 is 0 Å². The van der Waals surface area contributed by atoms with Gasteiger partial charge in [-0.2, -0.15) is 0 Å². The van der Waals surface area contributed by atoms with Gasteiger partial charge in [-0.05, 0) is 25.0 Å². The summed E-state index contributed by atoms with van der Waals surface area (Å²) in [7, 11) is 1.78. The van der Waals surface area contributed by atoms with Crippen molar-refractivity contribution in [2.24, 2.45) is 10.9 Å². The zero-order valence-electron chi connectivity index (χ0n) is 18.3. The summed E-state index contributed by atoms with van der Waals surface area (Å²) in [5.74, 6) is 2.63. The fraction of sp³-hybridized carbons (Fsp3) is 0.789. The van der Waals surface area contributed by atoms with Crippen LogP contribution in [0.15, 0.2) is 10.1 Å². The molecule has 1 aliphatic rings. The van der Waals surface area contributed by atoms with E-state index in [1.807, 2.05) is 18.1 Å². The van der Waals surface area contributed by atoms with Gasteiger partial charge in [0.2, 0.25) is 5.91 Å². The third-order valence-electron chi connectivity index (χ3n) is 4.80. The Labute approximate surface area is 196 Å². The Bertz CT molecular complexity index is 665. The van der Waals surface area contributed by atoms with Gasteiger partial charge in [0.25, 0.3) is 0 Å². The molecule has 10 heteroatoms. The van der Waals surface area contributed by atoms with Crippen molar-refractivity contribution < 1.29 is 4.79 Å². The number of nitrogens with one attached hydrogen (secondary N) is 2. The van der Waals surface area contributed by atoms with Crippen LogP contribution in [0.5, 0.6) is 0 Å². The molecule has 29 heavy (non-hydrogen) atoms. The van der Waals surface area contributed by atoms with E-state index in [0.29, 0.717) is 12.3 Å². The molecule has 1 saturated heterocycles. The Morgan fingerprint density at radius 2 is 2.14 bits per heavy atom. The zero-order chi connectivity index (χ0) is 20.5. The van der Waals surface area contributed by atoms with Gasteiger partial charge in [-0.25, -0.2) is 0 Å². The van der Waals surface area contributed by atoms with Gasteiger partial charge in [0.05, 0.1) is 0 Å². The number of guanidine groups is 1. The first-order valence-electron chi connectivity index (χ1n) is 10.2. The smallest absolute Gasteiger partial charge is 0.222 e. The van der Waals surface area contributed by atoms with E-state index in [2.05, 4.69) is 44.2 Å². The maximum Gasteiger partial charge on any atom is 0.222 e. The summed E-state index contributed by atoms with van der Waals surface area (Å²) in [4.78, 5) is 18.1. The summed E-state index contributed by atoms with van der Waals surface area (Å²) >= 11 is 1.64. The van der Waals surface area contributed by atoms with Crippen LogP contribution in [0.2, 0.25) is 0 Å². The number of aryl methyl sites for hydroxylation is 1. The average molecular weight is 538 g/mol. The number of carbonyl (C=O) groups excluding carboxylic acids is 1. The summed E-state index contributed by atoms with van der Waals surface area (Å²) < 4.78 is 2.24. The van der Waals surface area contributed by atoms with Crippen molar-refractivity contribution in [2.45, 2.75) is 64.2 Å². The molecule has 166 valence electrons. The van der Waals surface area contributed by atoms with Crippen molar-refractivity contribution in [1.29, 1.82) is 0 Å². The van der Waals surface area contributed by atoms with Crippen LogP contribution in [0.4, 0.5) is 0 Å². The monoisotopic (exact) mass is 537 g/mol. The van der Waals surface area contributed by atoms with Gasteiger partial charge in [0.1, 0.15) is 5.82 Å². The Morgan fingerprint density at radius 1 is 1.38 bits per heavy atom. The number of carbonyl (C=O) groups is 1. The zero-order valence-corrected chi connectivity index (χ0v) is 21.4. The molecule has 0 aromatic carbocycles. The molecule has 8 nitrogen and oxygen atoms in total. The molecule has 2 rings (SSSR count). The van der Waals surface area contributed by atoms with Gasteiger partial charge in [0, 0.05) is 52.1 Å². The topological polar surface area (TPSA) is 87.4 Å². The van der Waals surface area contributed by atoms with Crippen LogP contribution in [0, 0.1) is 5.92 Å². The molecule has 0 spiro atoms. The lowest BCUT2D eigenvalue weighted by Crippen LogP contribution is -2.45. The summed E-state index contributed by atoms with van der Waals surface area (Å²) in [6, 6.07) is 0.264. The lowest BCUT2D eigenvalue weighted by atomic mass is 10.2. The molecule has 0 bridgehead atoms. The number of nitrogens with zero attached hydrogens (tertiary/aromatic N) is 5. The van der Waals surface area contributed by atoms with Gasteiger partial charge in [-0.1, -0.05) is 32.5 Å². The molecule has 0 radical (unpaired) electrons. The van der Waals surface area contributed by atoms with Crippen molar-refractivity contribution in [3.63, 3.8) is 0 Å². The summed E-state index contributed by atoms with van der Waals surface area (Å²) in [5.41, 5.74) is 0. The average Bonchev–Trinajstić information content (AvgIpc) is 3.30. The highest BCUT2D eigenvalue weighted by Crippen LogP contribution is 2.16. The second kappa shape index (κ2) is 13.3. The molecule has 1 aromatic heterocycles. The van der Waals surface area contributed by atoms with Crippen molar-refractivity contribution >= 4 is 47.6 Å². The number of likely N-dealkylation sites (tertiary alicyclic amines) is 1. The first-order valence-corrected chi connectivity index (χ1v) is 11.4. The second-order valence-corrected chi connectivity index (χ2v) is 8.31. The molecule has 0 saturated carbocycles. The summed E-state index contributed by atoms with van der Waals surface area (Å²) in [6.07, 6.45) is 5.41. The Kier molecular flexibility index (Phi) is 11.9. The van der Waals surface area contributed by atoms with Gasteiger partial charge < -0.3 is 20.1 Å². The molecule has 1 aromatic rings. The number of aromatic nitrogens is 3. The predicted molar refractivity (Wildman–Crippen MR) is 130 cm³/mol. The summed E-state index contributed by atoms with van der Waals surface area (Å²) in [5, 5.41) is 16.5. The highest BCUT2D eigenvalue weighted by molar-refractivity contribution is 14.0. The fourth-order valence-electron chi connectivity index (χ4n) is 3.37. The van der Waals surface area contributed by atoms with Crippen LogP contribution < -0.4 is 10.6 Å². The Morgan fingerprint density at radius 3 is 2.76 bits per heavy atom. The minimum absolute atomic E-state index is 0. The normalized spacial score (nSPS) is 16.8. The van der Waals surface area contributed by atoms with Crippen LogP contribution >= 0.6 is 35.7 Å². The lowest BCUT2D eigenvalue weighted by molar-refractivity contribution is -0.129. The summed E-state index contributed by atoms with van der Waals surface area (Å²) in [6.45, 7) is 9.67. The molecule has 1 unspecified atom stereocenters. The van der Waals surface area contributed by atoms with Gasteiger partial charge in [0.15, 0.2) is 11.1 Å². The number of amides is 1. The largest absolute Gasteiger partial charge is 0.356 e. The molecule has 1 aliphatic heterocycles. The molecule has 2 heterocycles. The van der Waals surface area contributed by atoms with Crippen molar-refractivity contribution in [3.8, 4) is 0 Å². The van der Waals surface area contributed by atoms with E-state index in [-0.39, 0.29) is 35.9 Å². The third kappa shape index (κ3) is 7.95. The maximum absolute atomic E-state index is 11.8. The van der Waals surface area contributed by atoms with Crippen LogP contribution in [-0.2, 0) is 17.8 Å². The number of aliphatic imine (C=N–C) groups is 1. The quantitative estimate of drug-likeness (QED) is 0.165. The van der Waals surface area contributed by atoms with Gasteiger partial charge in [-0.15, -0.1) is 34.2 Å². The first-order chi connectivity index (χ1) is 13.5. The van der Waals surface area contributed by atoms with E-state index in [9.17, 15) is 4.79 Å². The highest BCUT2D eigenvalue weighted by Gasteiger charge is 2.25. The molecular weight excluding hydrogens is 501 g/mol.